The Hall–Kier alpha value is -2.29. The Morgan fingerprint density at radius 3 is 2.52 bits per heavy atom. The summed E-state index contributed by atoms with van der Waals surface area (Å²) in [6.07, 6.45) is -0.759. The zero-order valence-electron chi connectivity index (χ0n) is 13.8. The fourth-order valence-electron chi connectivity index (χ4n) is 3.45. The summed E-state index contributed by atoms with van der Waals surface area (Å²) in [6.45, 7) is 4.10. The molecular weight excluding hydrogens is 392 g/mol. The van der Waals surface area contributed by atoms with Gasteiger partial charge in [0.25, 0.3) is 0 Å². The second kappa shape index (κ2) is 6.55. The van der Waals surface area contributed by atoms with Gasteiger partial charge >= 0.3 is 12.1 Å². The number of nitrogens with one attached hydrogen (secondary N) is 2. The average molecular weight is 411 g/mol. The third-order valence-electron chi connectivity index (χ3n) is 4.61. The van der Waals surface area contributed by atoms with Gasteiger partial charge in [0.1, 0.15) is 17.8 Å². The summed E-state index contributed by atoms with van der Waals surface area (Å²) in [4.78, 5) is 40.3. The summed E-state index contributed by atoms with van der Waals surface area (Å²) in [7, 11) is 0. The number of hydrogen-bond acceptors (Lipinski definition) is 4. The minimum Gasteiger partial charge on any atom is -0.508 e. The molecule has 0 spiro atoms. The maximum atomic E-state index is 12.9. The van der Waals surface area contributed by atoms with Crippen molar-refractivity contribution in [3.8, 4) is 5.75 Å². The lowest BCUT2D eigenvalue weighted by atomic mass is 9.85. The van der Waals surface area contributed by atoms with Gasteiger partial charge in [-0.15, -0.1) is 0 Å². The molecule has 0 aromatic heterocycles. The first kappa shape index (κ1) is 17.5. The first-order valence-electron chi connectivity index (χ1n) is 8.06. The van der Waals surface area contributed by atoms with Gasteiger partial charge in [0.05, 0.1) is 6.04 Å². The predicted molar refractivity (Wildman–Crippen MR) is 92.7 cm³/mol. The van der Waals surface area contributed by atoms with Crippen LogP contribution < -0.4 is 10.6 Å². The molecule has 25 heavy (non-hydrogen) atoms. The highest BCUT2D eigenvalue weighted by atomic mass is 79.9. The Balaban J connectivity index is 2.10. The number of nitrogens with zero attached hydrogens (tertiary/aromatic N) is 2. The molecule has 2 heterocycles. The van der Waals surface area contributed by atoms with Crippen LogP contribution >= 0.6 is 15.9 Å². The van der Waals surface area contributed by atoms with Crippen molar-refractivity contribution in [2.45, 2.75) is 26.1 Å². The lowest BCUT2D eigenvalue weighted by Gasteiger charge is -2.49. The van der Waals surface area contributed by atoms with Crippen molar-refractivity contribution >= 4 is 33.9 Å². The maximum Gasteiger partial charge on any atom is 0.328 e. The summed E-state index contributed by atoms with van der Waals surface area (Å²) in [6, 6.07) is 3.17. The summed E-state index contributed by atoms with van der Waals surface area (Å²) in [5.41, 5.74) is 0.425. The van der Waals surface area contributed by atoms with Gasteiger partial charge < -0.3 is 20.6 Å². The topological polar surface area (TPSA) is 102 Å². The summed E-state index contributed by atoms with van der Waals surface area (Å²) < 4.78 is 0.712. The fraction of sp³-hybridized carbons (Fsp3) is 0.438. The summed E-state index contributed by atoms with van der Waals surface area (Å²) >= 11 is 3.34. The van der Waals surface area contributed by atoms with Crippen LogP contribution in [0.3, 0.4) is 0 Å². The Morgan fingerprint density at radius 2 is 1.88 bits per heavy atom. The van der Waals surface area contributed by atoms with Crippen molar-refractivity contribution in [1.82, 2.24) is 20.4 Å². The van der Waals surface area contributed by atoms with E-state index in [2.05, 4.69) is 26.6 Å². The van der Waals surface area contributed by atoms with Crippen LogP contribution in [0.2, 0.25) is 0 Å². The average Bonchev–Trinajstić information content (AvgIpc) is 2.57. The molecule has 3 rings (SSSR count). The molecular formula is C16H19BrN4O4. The second-order valence-corrected chi connectivity index (χ2v) is 6.84. The Morgan fingerprint density at radius 1 is 1.16 bits per heavy atom. The van der Waals surface area contributed by atoms with Gasteiger partial charge in [0.15, 0.2) is 0 Å². The molecule has 3 atom stereocenters. The van der Waals surface area contributed by atoms with Gasteiger partial charge in [0, 0.05) is 23.1 Å². The van der Waals surface area contributed by atoms with Gasteiger partial charge in [-0.05, 0) is 32.0 Å². The standard InChI is InChI=1S/C16H19BrN4O4/c1-3-20-13-11(14(23)21(4-2)16(20)25)12(18-15(24)19-13)9-7-8(17)5-6-10(9)22/h5-7,11-13,22H,3-4H2,1-2H3,(H2,18,19,24). The molecule has 9 heteroatoms. The van der Waals surface area contributed by atoms with Crippen LogP contribution in [0.15, 0.2) is 22.7 Å². The third kappa shape index (κ3) is 2.82. The molecule has 1 aromatic carbocycles. The van der Waals surface area contributed by atoms with Crippen molar-refractivity contribution in [2.24, 2.45) is 5.92 Å². The molecule has 1 aromatic rings. The molecule has 3 N–H and O–H groups in total. The van der Waals surface area contributed by atoms with E-state index in [1.807, 2.05) is 0 Å². The molecule has 8 nitrogen and oxygen atoms in total. The number of benzene rings is 1. The number of carbonyl (C=O) groups excluding carboxylic acids is 3. The number of urea groups is 2. The molecule has 0 bridgehead atoms. The van der Waals surface area contributed by atoms with E-state index in [1.165, 1.54) is 15.9 Å². The number of rotatable bonds is 3. The molecule has 2 saturated heterocycles. The van der Waals surface area contributed by atoms with Crippen LogP contribution in [-0.2, 0) is 4.79 Å². The van der Waals surface area contributed by atoms with Crippen molar-refractivity contribution < 1.29 is 19.5 Å². The van der Waals surface area contributed by atoms with E-state index in [0.29, 0.717) is 16.6 Å². The number of hydrogen-bond donors (Lipinski definition) is 3. The Bertz CT molecular complexity index is 741. The van der Waals surface area contributed by atoms with Gasteiger partial charge in [-0.25, -0.2) is 9.59 Å². The monoisotopic (exact) mass is 410 g/mol. The lowest BCUT2D eigenvalue weighted by molar-refractivity contribution is -0.141. The largest absolute Gasteiger partial charge is 0.508 e. The Labute approximate surface area is 153 Å². The van der Waals surface area contributed by atoms with Crippen LogP contribution in [0.1, 0.15) is 25.5 Å². The second-order valence-electron chi connectivity index (χ2n) is 5.92. The minimum absolute atomic E-state index is 0.0232. The molecule has 0 radical (unpaired) electrons. The quantitative estimate of drug-likeness (QED) is 0.706. The number of phenolic OH excluding ortho intramolecular Hbond substituents is 1. The van der Waals surface area contributed by atoms with Gasteiger partial charge in [-0.2, -0.15) is 0 Å². The zero-order chi connectivity index (χ0) is 18.3. The van der Waals surface area contributed by atoms with Gasteiger partial charge in [-0.1, -0.05) is 15.9 Å². The van der Waals surface area contributed by atoms with Crippen molar-refractivity contribution in [2.75, 3.05) is 13.1 Å². The van der Waals surface area contributed by atoms with Crippen LogP contribution in [0, 0.1) is 5.92 Å². The van der Waals surface area contributed by atoms with Crippen molar-refractivity contribution in [3.05, 3.63) is 28.2 Å². The highest BCUT2D eigenvalue weighted by Crippen LogP contribution is 2.38. The predicted octanol–water partition coefficient (Wildman–Crippen LogP) is 1.75. The normalized spacial score (nSPS) is 26.2. The van der Waals surface area contributed by atoms with E-state index in [4.69, 9.17) is 0 Å². The number of amides is 5. The zero-order valence-corrected chi connectivity index (χ0v) is 15.4. The maximum absolute atomic E-state index is 12.9. The van der Waals surface area contributed by atoms with Crippen LogP contribution in [0.4, 0.5) is 9.59 Å². The molecule has 2 aliphatic heterocycles. The van der Waals surface area contributed by atoms with E-state index in [1.54, 1.807) is 26.0 Å². The van der Waals surface area contributed by atoms with E-state index in [9.17, 15) is 19.5 Å². The van der Waals surface area contributed by atoms with Gasteiger partial charge in [0.2, 0.25) is 5.91 Å². The summed E-state index contributed by atoms with van der Waals surface area (Å²) in [5, 5.41) is 15.6. The third-order valence-corrected chi connectivity index (χ3v) is 5.10. The van der Waals surface area contributed by atoms with Crippen LogP contribution in [-0.4, -0.2) is 52.1 Å². The van der Waals surface area contributed by atoms with Crippen molar-refractivity contribution in [1.29, 1.82) is 0 Å². The molecule has 0 saturated carbocycles. The highest BCUT2D eigenvalue weighted by molar-refractivity contribution is 9.10. The number of phenols is 1. The minimum atomic E-state index is -0.759. The van der Waals surface area contributed by atoms with Crippen LogP contribution in [0.5, 0.6) is 5.75 Å². The summed E-state index contributed by atoms with van der Waals surface area (Å²) in [5.74, 6) is -1.14. The van der Waals surface area contributed by atoms with Crippen molar-refractivity contribution in [3.63, 3.8) is 0 Å². The first-order chi connectivity index (χ1) is 11.9. The number of aromatic hydroxyl groups is 1. The van der Waals surface area contributed by atoms with E-state index in [0.717, 1.165) is 0 Å². The van der Waals surface area contributed by atoms with E-state index in [-0.39, 0.29) is 18.2 Å². The first-order valence-corrected chi connectivity index (χ1v) is 8.85. The molecule has 0 aliphatic carbocycles. The number of fused-ring (bicyclic) bond motifs is 1. The van der Waals surface area contributed by atoms with E-state index < -0.39 is 30.2 Å². The highest BCUT2D eigenvalue weighted by Gasteiger charge is 2.52. The molecule has 134 valence electrons. The Kier molecular flexibility index (Phi) is 4.59. The smallest absolute Gasteiger partial charge is 0.328 e. The fourth-order valence-corrected chi connectivity index (χ4v) is 3.82. The molecule has 3 unspecified atom stereocenters. The lowest BCUT2D eigenvalue weighted by Crippen LogP contribution is -2.72. The molecule has 2 aliphatic rings. The number of imide groups is 1. The molecule has 5 amide bonds. The van der Waals surface area contributed by atoms with E-state index >= 15 is 0 Å². The SMILES string of the molecule is CCN1C(=O)C2C(c3cc(Br)ccc3O)NC(=O)NC2N(CC)C1=O. The van der Waals surface area contributed by atoms with Gasteiger partial charge in [-0.3, -0.25) is 9.69 Å². The molecule has 2 fully saturated rings. The number of halogens is 1. The van der Waals surface area contributed by atoms with Crippen LogP contribution in [0.25, 0.3) is 0 Å². The number of carbonyl (C=O) groups is 3.